The van der Waals surface area contributed by atoms with Crippen molar-refractivity contribution in [3.8, 4) is 11.5 Å². The molecule has 2 aromatic carbocycles. The zero-order chi connectivity index (χ0) is 26.0. The van der Waals surface area contributed by atoms with E-state index in [9.17, 15) is 23.8 Å². The second-order valence-electron chi connectivity index (χ2n) is 10.5. The number of alkyl halides is 2. The molecular formula is C26H31F3N2O5. The first kappa shape index (κ1) is 24.5. The zero-order valence-electron chi connectivity index (χ0n) is 20.1. The number of amides is 1. The molecule has 2 heterocycles. The van der Waals surface area contributed by atoms with Crippen molar-refractivity contribution in [2.75, 3.05) is 11.9 Å². The van der Waals surface area contributed by atoms with Gasteiger partial charge in [0.15, 0.2) is 11.5 Å². The van der Waals surface area contributed by atoms with E-state index in [0.717, 1.165) is 5.69 Å². The van der Waals surface area contributed by atoms with Gasteiger partial charge in [0.05, 0.1) is 35.9 Å². The topological polar surface area (TPSA) is 93.0 Å². The molecule has 1 aliphatic carbocycles. The van der Waals surface area contributed by atoms with Crippen LogP contribution < -0.4 is 14.8 Å². The second kappa shape index (κ2) is 8.14. The van der Waals surface area contributed by atoms with E-state index in [4.69, 9.17) is 0 Å². The van der Waals surface area contributed by atoms with Gasteiger partial charge in [0.2, 0.25) is 5.91 Å². The van der Waals surface area contributed by atoms with E-state index < -0.39 is 36.1 Å². The Morgan fingerprint density at radius 2 is 1.86 bits per heavy atom. The third-order valence-electron chi connectivity index (χ3n) is 6.75. The first-order valence-corrected chi connectivity index (χ1v) is 11.7. The van der Waals surface area contributed by atoms with Crippen LogP contribution in [0.5, 0.6) is 11.5 Å². The predicted octanol–water partition coefficient (Wildman–Crippen LogP) is 4.91. The number of aliphatic hydroxyl groups excluding tert-OH is 2. The largest absolute Gasteiger partial charge is 0.586 e. The van der Waals surface area contributed by atoms with Crippen molar-refractivity contribution >= 4 is 22.5 Å². The number of hydrogen-bond acceptors (Lipinski definition) is 5. The number of fused-ring (bicyclic) bond motifs is 2. The first-order valence-electron chi connectivity index (χ1n) is 11.7. The summed E-state index contributed by atoms with van der Waals surface area (Å²) >= 11 is 0. The summed E-state index contributed by atoms with van der Waals surface area (Å²) in [6.07, 6.45) is -3.82. The third-order valence-corrected chi connectivity index (χ3v) is 6.75. The lowest BCUT2D eigenvalue weighted by molar-refractivity contribution is -0.286. The number of ether oxygens (including phenoxy) is 2. The summed E-state index contributed by atoms with van der Waals surface area (Å²) in [5, 5.41) is 22.7. The lowest BCUT2D eigenvalue weighted by atomic mass is 9.92. The highest BCUT2D eigenvalue weighted by Crippen LogP contribution is 2.52. The Hall–Kier alpha value is -3.24. The number of nitrogens with zero attached hydrogens (tertiary/aromatic N) is 1. The molecule has 36 heavy (non-hydrogen) atoms. The van der Waals surface area contributed by atoms with E-state index in [-0.39, 0.29) is 32.0 Å². The van der Waals surface area contributed by atoms with Gasteiger partial charge in [-0.2, -0.15) is 0 Å². The van der Waals surface area contributed by atoms with E-state index in [0.29, 0.717) is 29.3 Å². The molecule has 196 valence electrons. The van der Waals surface area contributed by atoms with Gasteiger partial charge in [0.1, 0.15) is 5.82 Å². The van der Waals surface area contributed by atoms with Gasteiger partial charge in [-0.1, -0.05) is 26.8 Å². The lowest BCUT2D eigenvalue weighted by Gasteiger charge is -2.23. The van der Waals surface area contributed by atoms with Crippen LogP contribution in [0.2, 0.25) is 0 Å². The molecule has 1 atom stereocenters. The summed E-state index contributed by atoms with van der Waals surface area (Å²) in [6, 6.07) is 8.95. The van der Waals surface area contributed by atoms with Gasteiger partial charge in [-0.3, -0.25) is 4.79 Å². The van der Waals surface area contributed by atoms with Crippen LogP contribution in [-0.2, 0) is 22.2 Å². The van der Waals surface area contributed by atoms with Crippen LogP contribution in [-0.4, -0.2) is 39.7 Å². The number of aliphatic hydroxyl groups is 2. The molecule has 3 aromatic rings. The van der Waals surface area contributed by atoms with E-state index in [1.165, 1.54) is 30.3 Å². The number of nitrogens with one attached hydrogen (secondary N) is 1. The maximum atomic E-state index is 15.2. The van der Waals surface area contributed by atoms with E-state index in [2.05, 4.69) is 14.8 Å². The third kappa shape index (κ3) is 4.18. The minimum absolute atomic E-state index is 0. The van der Waals surface area contributed by atoms with E-state index in [1.54, 1.807) is 4.57 Å². The molecule has 2 aliphatic rings. The number of aromatic nitrogens is 1. The van der Waals surface area contributed by atoms with Crippen LogP contribution >= 0.6 is 0 Å². The molecule has 1 saturated carbocycles. The second-order valence-corrected chi connectivity index (χ2v) is 10.5. The Bertz CT molecular complexity index is 1370. The summed E-state index contributed by atoms with van der Waals surface area (Å²) in [6.45, 7) is 5.62. The van der Waals surface area contributed by atoms with Gasteiger partial charge >= 0.3 is 6.29 Å². The Kier molecular flexibility index (Phi) is 5.53. The summed E-state index contributed by atoms with van der Waals surface area (Å²) in [4.78, 5) is 13.3. The molecule has 0 radical (unpaired) electrons. The van der Waals surface area contributed by atoms with Crippen molar-refractivity contribution in [1.82, 2.24) is 4.57 Å². The number of carbonyl (C=O) groups excluding carboxylic acids is 1. The number of hydrogen-bond donors (Lipinski definition) is 3. The van der Waals surface area contributed by atoms with E-state index >= 15 is 4.39 Å². The molecule has 7 nitrogen and oxygen atoms in total. The summed E-state index contributed by atoms with van der Waals surface area (Å²) in [5.74, 6) is -1.36. The predicted molar refractivity (Wildman–Crippen MR) is 130 cm³/mol. The summed E-state index contributed by atoms with van der Waals surface area (Å²) in [5.41, 5.74) is 0.532. The number of benzene rings is 2. The Morgan fingerprint density at radius 3 is 2.50 bits per heavy atom. The smallest absolute Gasteiger partial charge is 0.395 e. The molecule has 0 unspecified atom stereocenters. The summed E-state index contributed by atoms with van der Waals surface area (Å²) in [7, 11) is 0. The highest BCUT2D eigenvalue weighted by atomic mass is 19.3. The van der Waals surface area contributed by atoms with Crippen molar-refractivity contribution in [2.45, 2.75) is 63.4 Å². The lowest BCUT2D eigenvalue weighted by Crippen LogP contribution is -2.28. The van der Waals surface area contributed by atoms with Crippen LogP contribution in [0.1, 0.15) is 47.7 Å². The Balaban J connectivity index is 0.00000200. The van der Waals surface area contributed by atoms with Gasteiger partial charge in [0.25, 0.3) is 0 Å². The van der Waals surface area contributed by atoms with Crippen LogP contribution in [0, 0.1) is 5.82 Å². The molecule has 3 N–H and O–H groups in total. The maximum absolute atomic E-state index is 15.2. The number of rotatable bonds is 6. The molecule has 5 rings (SSSR count). The standard InChI is InChI=1S/C26H27F3N2O5.2H2/c1-24(2,3)22-9-14-8-18(17(27)11-19(14)31(22)12-16(33)13-32)30-23(34)25(6-7-25)15-4-5-20-21(10-15)36-26(28,29)35-20;;/h4-5,8-11,16,32-33H,6-7,12-13H2,1-3H3,(H,30,34);2*1H/t16-;;/m0../s1. The maximum Gasteiger partial charge on any atom is 0.586 e. The summed E-state index contributed by atoms with van der Waals surface area (Å²) < 4.78 is 52.7. The van der Waals surface area contributed by atoms with Crippen LogP contribution in [0.3, 0.4) is 0 Å². The van der Waals surface area contributed by atoms with E-state index in [1.807, 2.05) is 26.8 Å². The van der Waals surface area contributed by atoms with Crippen molar-refractivity contribution < 1.29 is 40.5 Å². The average molecular weight is 509 g/mol. The fourth-order valence-electron chi connectivity index (χ4n) is 4.73. The SMILES string of the molecule is CC(C)(C)c1cc2cc(NC(=O)C3(c4ccc5c(c4)OC(F)(F)O5)CC3)c(F)cc2n1C[C@H](O)CO.[HH].[HH]. The molecule has 1 fully saturated rings. The highest BCUT2D eigenvalue weighted by Gasteiger charge is 2.53. The van der Waals surface area contributed by atoms with Crippen LogP contribution in [0.25, 0.3) is 10.9 Å². The number of carbonyl (C=O) groups is 1. The Labute approximate surface area is 208 Å². The van der Waals surface area contributed by atoms with Gasteiger partial charge in [-0.25, -0.2) is 4.39 Å². The average Bonchev–Trinajstić information content (AvgIpc) is 3.44. The number of halogens is 3. The molecule has 0 bridgehead atoms. The Morgan fingerprint density at radius 1 is 1.17 bits per heavy atom. The van der Waals surface area contributed by atoms with Crippen LogP contribution in [0.15, 0.2) is 36.4 Å². The van der Waals surface area contributed by atoms with Gasteiger partial charge in [-0.15, -0.1) is 8.78 Å². The number of anilines is 1. The van der Waals surface area contributed by atoms with Crippen molar-refractivity contribution in [1.29, 1.82) is 0 Å². The molecule has 1 amide bonds. The molecule has 0 spiro atoms. The van der Waals surface area contributed by atoms with Gasteiger partial charge in [-0.05, 0) is 42.7 Å². The van der Waals surface area contributed by atoms with Crippen molar-refractivity contribution in [3.05, 3.63) is 53.5 Å². The van der Waals surface area contributed by atoms with Gasteiger partial charge < -0.3 is 29.6 Å². The molecule has 10 heteroatoms. The molecule has 1 aliphatic heterocycles. The fourth-order valence-corrected chi connectivity index (χ4v) is 4.73. The minimum atomic E-state index is -3.76. The first-order chi connectivity index (χ1) is 16.8. The van der Waals surface area contributed by atoms with Crippen molar-refractivity contribution in [2.24, 2.45) is 0 Å². The highest BCUT2D eigenvalue weighted by molar-refractivity contribution is 6.02. The molecule has 0 saturated heterocycles. The fraction of sp³-hybridized carbons (Fsp3) is 0.423. The normalized spacial score (nSPS) is 18.3. The quantitative estimate of drug-likeness (QED) is 0.440. The zero-order valence-corrected chi connectivity index (χ0v) is 20.1. The van der Waals surface area contributed by atoms with Gasteiger partial charge in [0, 0.05) is 25.4 Å². The molecular weight excluding hydrogens is 477 g/mol. The molecule has 1 aromatic heterocycles. The monoisotopic (exact) mass is 508 g/mol. The minimum Gasteiger partial charge on any atom is -0.395 e. The van der Waals surface area contributed by atoms with Crippen LogP contribution in [0.4, 0.5) is 18.9 Å². The van der Waals surface area contributed by atoms with Crippen molar-refractivity contribution in [3.63, 3.8) is 0 Å².